The molecule has 0 radical (unpaired) electrons. The van der Waals surface area contributed by atoms with E-state index in [1.54, 1.807) is 22.8 Å². The molecule has 0 aliphatic carbocycles. The van der Waals surface area contributed by atoms with Crippen molar-refractivity contribution < 1.29 is 13.2 Å². The zero-order valence-corrected chi connectivity index (χ0v) is 21.3. The Bertz CT molecular complexity index is 1240. The van der Waals surface area contributed by atoms with Crippen LogP contribution in [0, 0.1) is 0 Å². The van der Waals surface area contributed by atoms with Crippen LogP contribution in [0.5, 0.6) is 0 Å². The topological polar surface area (TPSA) is 62.7 Å². The Hall–Kier alpha value is -2.13. The highest BCUT2D eigenvalue weighted by molar-refractivity contribution is 7.99. The van der Waals surface area contributed by atoms with Crippen molar-refractivity contribution in [1.29, 1.82) is 0 Å². The van der Waals surface area contributed by atoms with Gasteiger partial charge < -0.3 is 9.64 Å². The van der Waals surface area contributed by atoms with E-state index in [1.807, 2.05) is 54.2 Å². The number of nitrogens with zero attached hydrogens (tertiary/aromatic N) is 3. The number of thioether (sulfide) groups is 1. The summed E-state index contributed by atoms with van der Waals surface area (Å²) in [6, 6.07) is 15.4. The van der Waals surface area contributed by atoms with Crippen molar-refractivity contribution in [2.45, 2.75) is 43.4 Å². The highest BCUT2D eigenvalue weighted by atomic mass is 32.2. The number of morpholine rings is 1. The summed E-state index contributed by atoms with van der Waals surface area (Å²) in [4.78, 5) is 6.99. The Morgan fingerprint density at radius 1 is 1.00 bits per heavy atom. The molecule has 8 heteroatoms. The lowest BCUT2D eigenvalue weighted by Crippen LogP contribution is -2.45. The molecular weight excluding hydrogens is 466 g/mol. The second kappa shape index (κ2) is 9.85. The number of sulfonamides is 1. The third kappa shape index (κ3) is 4.56. The van der Waals surface area contributed by atoms with E-state index in [0.29, 0.717) is 11.4 Å². The number of anilines is 1. The molecule has 0 saturated carbocycles. The number of ether oxygens (including phenoxy) is 1. The number of hydrogen-bond acceptors (Lipinski definition) is 6. The smallest absolute Gasteiger partial charge is 0.244 e. The summed E-state index contributed by atoms with van der Waals surface area (Å²) in [5.41, 5.74) is 2.05. The Kier molecular flexibility index (Phi) is 6.84. The van der Waals surface area contributed by atoms with Gasteiger partial charge in [0.05, 0.1) is 23.1 Å². The molecule has 0 bridgehead atoms. The monoisotopic (exact) mass is 497 g/mol. The second-order valence-electron chi connectivity index (χ2n) is 9.14. The predicted octanol–water partition coefficient (Wildman–Crippen LogP) is 4.72. The lowest BCUT2D eigenvalue weighted by molar-refractivity contribution is -0.00513. The molecule has 2 aliphatic heterocycles. The van der Waals surface area contributed by atoms with Crippen molar-refractivity contribution in [2.75, 3.05) is 36.0 Å². The molecule has 0 N–H and O–H groups in total. The first-order valence-corrected chi connectivity index (χ1v) is 14.5. The van der Waals surface area contributed by atoms with E-state index >= 15 is 0 Å². The summed E-state index contributed by atoms with van der Waals surface area (Å²) in [5, 5.41) is 1.59. The quantitative estimate of drug-likeness (QED) is 0.520. The van der Waals surface area contributed by atoms with E-state index in [9.17, 15) is 8.42 Å². The molecule has 2 aliphatic rings. The molecule has 34 heavy (non-hydrogen) atoms. The van der Waals surface area contributed by atoms with E-state index in [2.05, 4.69) is 23.7 Å². The van der Waals surface area contributed by atoms with Crippen LogP contribution in [0.3, 0.4) is 0 Å². The summed E-state index contributed by atoms with van der Waals surface area (Å²) in [6.45, 7) is 6.19. The maximum Gasteiger partial charge on any atom is 0.244 e. The number of benzene rings is 2. The molecule has 1 unspecified atom stereocenters. The Balaban J connectivity index is 1.59. The minimum atomic E-state index is -3.73. The Labute approximate surface area is 206 Å². The highest BCUT2D eigenvalue weighted by Gasteiger charge is 2.35. The van der Waals surface area contributed by atoms with E-state index in [-0.39, 0.29) is 18.2 Å². The first-order valence-electron chi connectivity index (χ1n) is 11.9. The van der Waals surface area contributed by atoms with Gasteiger partial charge in [0, 0.05) is 54.2 Å². The lowest BCUT2D eigenvalue weighted by Gasteiger charge is -2.37. The fourth-order valence-electron chi connectivity index (χ4n) is 5.13. The van der Waals surface area contributed by atoms with E-state index in [1.165, 1.54) is 0 Å². The summed E-state index contributed by atoms with van der Waals surface area (Å²) >= 11 is 1.82. The van der Waals surface area contributed by atoms with Crippen LogP contribution in [0.25, 0.3) is 10.8 Å². The molecule has 180 valence electrons. The van der Waals surface area contributed by atoms with Gasteiger partial charge in [-0.15, -0.1) is 0 Å². The van der Waals surface area contributed by atoms with Crippen LogP contribution in [0.1, 0.15) is 31.9 Å². The predicted molar refractivity (Wildman–Crippen MR) is 139 cm³/mol. The molecule has 5 rings (SSSR count). The van der Waals surface area contributed by atoms with Gasteiger partial charge in [-0.05, 0) is 49.8 Å². The van der Waals surface area contributed by atoms with Crippen molar-refractivity contribution in [3.63, 3.8) is 0 Å². The van der Waals surface area contributed by atoms with Crippen LogP contribution >= 0.6 is 11.8 Å². The zero-order chi connectivity index (χ0) is 23.7. The van der Waals surface area contributed by atoms with Crippen molar-refractivity contribution in [3.05, 3.63) is 66.5 Å². The minimum absolute atomic E-state index is 0.111. The number of fused-ring (bicyclic) bond motifs is 1. The summed E-state index contributed by atoms with van der Waals surface area (Å²) < 4.78 is 36.0. The standard InChI is InChI=1S/C26H31N3O3S2/c1-19-16-28(17-20(2)32-19)24-9-10-26(22-11-12-27-15-23(22)24)34(30,31)29-13-6-14-33-18-25(29)21-7-4-3-5-8-21/h3-5,7-12,15,19-20,25H,6,13-14,16-18H2,1-2H3/t19-,20+,25?. The van der Waals surface area contributed by atoms with Gasteiger partial charge in [0.2, 0.25) is 10.0 Å². The van der Waals surface area contributed by atoms with Gasteiger partial charge in [-0.1, -0.05) is 30.3 Å². The minimum Gasteiger partial charge on any atom is -0.372 e. The van der Waals surface area contributed by atoms with Crippen LogP contribution < -0.4 is 4.90 Å². The average Bonchev–Trinajstić information content (AvgIpc) is 3.10. The molecule has 6 nitrogen and oxygen atoms in total. The van der Waals surface area contributed by atoms with Crippen molar-refractivity contribution in [3.8, 4) is 0 Å². The molecule has 0 amide bonds. The Morgan fingerprint density at radius 2 is 1.76 bits per heavy atom. The molecular formula is C26H31N3O3S2. The third-order valence-corrected chi connectivity index (χ3v) is 9.67. The fraction of sp³-hybridized carbons (Fsp3) is 0.423. The third-order valence-electron chi connectivity index (χ3n) is 6.58. The second-order valence-corrected chi connectivity index (χ2v) is 12.1. The molecule has 0 spiro atoms. The van der Waals surface area contributed by atoms with E-state index in [4.69, 9.17) is 4.74 Å². The molecule has 3 aromatic rings. The Morgan fingerprint density at radius 3 is 2.53 bits per heavy atom. The molecule has 2 saturated heterocycles. The summed E-state index contributed by atoms with van der Waals surface area (Å²) in [7, 11) is -3.73. The van der Waals surface area contributed by atoms with Crippen LogP contribution in [0.2, 0.25) is 0 Å². The molecule has 3 atom stereocenters. The van der Waals surface area contributed by atoms with Gasteiger partial charge in [0.15, 0.2) is 0 Å². The van der Waals surface area contributed by atoms with Crippen LogP contribution in [0.15, 0.2) is 65.8 Å². The van der Waals surface area contributed by atoms with Crippen molar-refractivity contribution >= 4 is 38.2 Å². The first kappa shape index (κ1) is 23.6. The molecule has 2 fully saturated rings. The zero-order valence-electron chi connectivity index (χ0n) is 19.6. The number of hydrogen-bond donors (Lipinski definition) is 0. The molecule has 2 aromatic carbocycles. The number of rotatable bonds is 4. The SMILES string of the molecule is C[C@@H]1CN(c2ccc(S(=O)(=O)N3CCCSCC3c3ccccc3)c3ccncc23)C[C@H](C)O1. The maximum absolute atomic E-state index is 14.2. The molecule has 3 heterocycles. The van der Waals surface area contributed by atoms with Crippen molar-refractivity contribution in [2.24, 2.45) is 0 Å². The van der Waals surface area contributed by atoms with Gasteiger partial charge in [-0.25, -0.2) is 8.42 Å². The van der Waals surface area contributed by atoms with E-state index < -0.39 is 10.0 Å². The average molecular weight is 498 g/mol. The van der Waals surface area contributed by atoms with E-state index in [0.717, 1.165) is 53.0 Å². The van der Waals surface area contributed by atoms with Crippen LogP contribution in [-0.2, 0) is 14.8 Å². The first-order chi connectivity index (χ1) is 16.4. The number of pyridine rings is 1. The number of aromatic nitrogens is 1. The molecule has 1 aromatic heterocycles. The van der Waals surface area contributed by atoms with Gasteiger partial charge in [-0.3, -0.25) is 4.98 Å². The van der Waals surface area contributed by atoms with Gasteiger partial charge >= 0.3 is 0 Å². The summed E-state index contributed by atoms with van der Waals surface area (Å²) in [5.74, 6) is 1.72. The fourth-order valence-corrected chi connectivity index (χ4v) is 8.17. The normalized spacial score (nSPS) is 24.8. The maximum atomic E-state index is 14.2. The largest absolute Gasteiger partial charge is 0.372 e. The van der Waals surface area contributed by atoms with Gasteiger partial charge in [-0.2, -0.15) is 16.1 Å². The highest BCUT2D eigenvalue weighted by Crippen LogP contribution is 2.38. The van der Waals surface area contributed by atoms with Gasteiger partial charge in [0.25, 0.3) is 0 Å². The lowest BCUT2D eigenvalue weighted by atomic mass is 10.1. The van der Waals surface area contributed by atoms with Gasteiger partial charge in [0.1, 0.15) is 0 Å². The van der Waals surface area contributed by atoms with Crippen LogP contribution in [0.4, 0.5) is 5.69 Å². The van der Waals surface area contributed by atoms with Crippen molar-refractivity contribution in [1.82, 2.24) is 9.29 Å². The van der Waals surface area contributed by atoms with Crippen LogP contribution in [-0.4, -0.2) is 61.1 Å². The summed E-state index contributed by atoms with van der Waals surface area (Å²) in [6.07, 6.45) is 4.54.